The lowest BCUT2D eigenvalue weighted by atomic mass is 10.1. The molecule has 2 unspecified atom stereocenters. The van der Waals surface area contributed by atoms with Gasteiger partial charge in [-0.1, -0.05) is 6.07 Å². The van der Waals surface area contributed by atoms with Crippen molar-refractivity contribution < 1.29 is 19.1 Å². The van der Waals surface area contributed by atoms with Crippen LogP contribution in [0.4, 0.5) is 5.69 Å². The third kappa shape index (κ3) is 5.03. The molecule has 1 saturated carbocycles. The van der Waals surface area contributed by atoms with E-state index in [1.165, 1.54) is 5.56 Å². The Morgan fingerprint density at radius 2 is 1.64 bits per heavy atom. The van der Waals surface area contributed by atoms with E-state index < -0.39 is 0 Å². The van der Waals surface area contributed by atoms with Gasteiger partial charge in [0.05, 0.1) is 25.5 Å². The number of methoxy groups -OCH3 is 1. The number of hydrogen-bond donors (Lipinski definition) is 2. The van der Waals surface area contributed by atoms with Crippen LogP contribution in [0.1, 0.15) is 17.5 Å². The molecule has 0 aliphatic heterocycles. The number of aryl methyl sites for hydroxylation is 2. The zero-order valence-electron chi connectivity index (χ0n) is 16.5. The molecular weight excluding hydrogens is 356 g/mol. The van der Waals surface area contributed by atoms with Crippen LogP contribution < -0.4 is 20.1 Å². The molecule has 0 spiro atoms. The quantitative estimate of drug-likeness (QED) is 0.688. The van der Waals surface area contributed by atoms with Gasteiger partial charge in [-0.05, 0) is 67.8 Å². The summed E-state index contributed by atoms with van der Waals surface area (Å²) in [7, 11) is 1.61. The Bertz CT molecular complexity index is 848. The fourth-order valence-electron chi connectivity index (χ4n) is 2.97. The van der Waals surface area contributed by atoms with Crippen molar-refractivity contribution in [1.29, 1.82) is 0 Å². The van der Waals surface area contributed by atoms with E-state index in [2.05, 4.69) is 10.6 Å². The molecule has 0 radical (unpaired) electrons. The zero-order valence-corrected chi connectivity index (χ0v) is 16.5. The van der Waals surface area contributed by atoms with Gasteiger partial charge in [0.1, 0.15) is 18.1 Å². The van der Waals surface area contributed by atoms with Crippen LogP contribution in [0.25, 0.3) is 0 Å². The fourth-order valence-corrected chi connectivity index (χ4v) is 2.97. The van der Waals surface area contributed by atoms with Crippen molar-refractivity contribution >= 4 is 17.5 Å². The fraction of sp³-hybridized carbons (Fsp3) is 0.364. The second-order valence-corrected chi connectivity index (χ2v) is 7.05. The van der Waals surface area contributed by atoms with E-state index in [1.807, 2.05) is 56.3 Å². The Morgan fingerprint density at radius 1 is 0.964 bits per heavy atom. The summed E-state index contributed by atoms with van der Waals surface area (Å²) < 4.78 is 10.7. The Balaban J connectivity index is 1.37. The van der Waals surface area contributed by atoms with Gasteiger partial charge < -0.3 is 20.1 Å². The van der Waals surface area contributed by atoms with Crippen LogP contribution in [0.2, 0.25) is 0 Å². The molecule has 2 amide bonds. The van der Waals surface area contributed by atoms with Gasteiger partial charge in [-0.3, -0.25) is 9.59 Å². The lowest BCUT2D eigenvalue weighted by molar-refractivity contribution is -0.125. The minimum atomic E-state index is -0.260. The highest BCUT2D eigenvalue weighted by Crippen LogP contribution is 2.39. The summed E-state index contributed by atoms with van der Waals surface area (Å²) in [6.45, 7) is 4.80. The number of rotatable bonds is 8. The molecule has 1 aliphatic carbocycles. The molecule has 6 heteroatoms. The molecule has 1 aliphatic rings. The van der Waals surface area contributed by atoms with Gasteiger partial charge in [-0.25, -0.2) is 0 Å². The lowest BCUT2D eigenvalue weighted by Crippen LogP contribution is -2.31. The monoisotopic (exact) mass is 382 g/mol. The second kappa shape index (κ2) is 8.78. The number of amides is 2. The molecule has 2 aromatic carbocycles. The predicted molar refractivity (Wildman–Crippen MR) is 108 cm³/mol. The average Bonchev–Trinajstić information content (AvgIpc) is 3.49. The van der Waals surface area contributed by atoms with E-state index in [4.69, 9.17) is 9.47 Å². The first-order valence-corrected chi connectivity index (χ1v) is 9.40. The Kier molecular flexibility index (Phi) is 6.19. The van der Waals surface area contributed by atoms with E-state index in [-0.39, 0.29) is 23.7 Å². The minimum Gasteiger partial charge on any atom is -0.497 e. The van der Waals surface area contributed by atoms with Crippen molar-refractivity contribution in [2.75, 3.05) is 25.6 Å². The van der Waals surface area contributed by atoms with Crippen molar-refractivity contribution in [3.05, 3.63) is 53.6 Å². The second-order valence-electron chi connectivity index (χ2n) is 7.05. The molecule has 2 aromatic rings. The number of anilines is 1. The molecule has 148 valence electrons. The smallest absolute Gasteiger partial charge is 0.228 e. The van der Waals surface area contributed by atoms with E-state index in [1.54, 1.807) is 7.11 Å². The molecule has 1 fully saturated rings. The number of benzene rings is 2. The van der Waals surface area contributed by atoms with Gasteiger partial charge in [0.25, 0.3) is 0 Å². The van der Waals surface area contributed by atoms with Crippen molar-refractivity contribution in [3.8, 4) is 11.5 Å². The summed E-state index contributed by atoms with van der Waals surface area (Å²) in [6.07, 6.45) is 0.585. The van der Waals surface area contributed by atoms with Crippen LogP contribution in [0.5, 0.6) is 11.5 Å². The topological polar surface area (TPSA) is 76.7 Å². The SMILES string of the molecule is COc1ccc(OCCNC(=O)C2CC2C(=O)Nc2ccc(C)c(C)c2)cc1. The first-order valence-electron chi connectivity index (χ1n) is 9.40. The van der Waals surface area contributed by atoms with Gasteiger partial charge in [0.15, 0.2) is 0 Å². The molecule has 2 N–H and O–H groups in total. The number of carbonyl (C=O) groups excluding carboxylic acids is 2. The molecule has 0 heterocycles. The van der Waals surface area contributed by atoms with Crippen molar-refractivity contribution in [3.63, 3.8) is 0 Å². The highest BCUT2D eigenvalue weighted by molar-refractivity contribution is 5.99. The molecule has 0 saturated heterocycles. The summed E-state index contributed by atoms with van der Waals surface area (Å²) >= 11 is 0. The standard InChI is InChI=1S/C22H26N2O4/c1-14-4-5-16(12-15(14)2)24-22(26)20-13-19(20)21(25)23-10-11-28-18-8-6-17(27-3)7-9-18/h4-9,12,19-20H,10-11,13H2,1-3H3,(H,23,25)(H,24,26). The molecular formula is C22H26N2O4. The van der Waals surface area contributed by atoms with Crippen LogP contribution in [-0.2, 0) is 9.59 Å². The molecule has 0 aromatic heterocycles. The van der Waals surface area contributed by atoms with E-state index in [0.29, 0.717) is 25.3 Å². The summed E-state index contributed by atoms with van der Waals surface area (Å²) in [5.41, 5.74) is 3.07. The van der Waals surface area contributed by atoms with E-state index >= 15 is 0 Å². The maximum absolute atomic E-state index is 12.3. The Hall–Kier alpha value is -3.02. The number of hydrogen-bond acceptors (Lipinski definition) is 4. The maximum atomic E-state index is 12.3. The van der Waals surface area contributed by atoms with Crippen LogP contribution in [0.15, 0.2) is 42.5 Å². The zero-order chi connectivity index (χ0) is 20.1. The van der Waals surface area contributed by atoms with Gasteiger partial charge in [-0.2, -0.15) is 0 Å². The third-order valence-electron chi connectivity index (χ3n) is 4.97. The van der Waals surface area contributed by atoms with E-state index in [9.17, 15) is 9.59 Å². The molecule has 2 atom stereocenters. The number of nitrogens with one attached hydrogen (secondary N) is 2. The van der Waals surface area contributed by atoms with E-state index in [0.717, 1.165) is 17.0 Å². The van der Waals surface area contributed by atoms with Gasteiger partial charge in [0, 0.05) is 5.69 Å². The van der Waals surface area contributed by atoms with Crippen LogP contribution in [0, 0.1) is 25.7 Å². The van der Waals surface area contributed by atoms with Gasteiger partial charge >= 0.3 is 0 Å². The number of ether oxygens (including phenoxy) is 2. The summed E-state index contributed by atoms with van der Waals surface area (Å²) in [5.74, 6) is 0.764. The molecule has 3 rings (SSSR count). The normalized spacial score (nSPS) is 17.5. The minimum absolute atomic E-state index is 0.0985. The lowest BCUT2D eigenvalue weighted by Gasteiger charge is -2.09. The van der Waals surface area contributed by atoms with Gasteiger partial charge in [-0.15, -0.1) is 0 Å². The highest BCUT2D eigenvalue weighted by Gasteiger charge is 2.47. The number of carbonyl (C=O) groups is 2. The third-order valence-corrected chi connectivity index (χ3v) is 4.97. The first kappa shape index (κ1) is 19.7. The van der Waals surface area contributed by atoms with Crippen molar-refractivity contribution in [1.82, 2.24) is 5.32 Å². The molecule has 28 heavy (non-hydrogen) atoms. The van der Waals surface area contributed by atoms with Gasteiger partial charge in [0.2, 0.25) is 11.8 Å². The summed E-state index contributed by atoms with van der Waals surface area (Å²) in [5, 5.41) is 5.74. The average molecular weight is 382 g/mol. The predicted octanol–water partition coefficient (Wildman–Crippen LogP) is 3.08. The maximum Gasteiger partial charge on any atom is 0.228 e. The van der Waals surface area contributed by atoms with Crippen molar-refractivity contribution in [2.24, 2.45) is 11.8 Å². The van der Waals surface area contributed by atoms with Crippen LogP contribution in [-0.4, -0.2) is 32.1 Å². The summed E-state index contributed by atoms with van der Waals surface area (Å²) in [6, 6.07) is 13.1. The largest absolute Gasteiger partial charge is 0.497 e. The molecule has 6 nitrogen and oxygen atoms in total. The van der Waals surface area contributed by atoms with Crippen LogP contribution >= 0.6 is 0 Å². The molecule has 0 bridgehead atoms. The Morgan fingerprint density at radius 3 is 2.32 bits per heavy atom. The highest BCUT2D eigenvalue weighted by atomic mass is 16.5. The summed E-state index contributed by atoms with van der Waals surface area (Å²) in [4.78, 5) is 24.5. The van der Waals surface area contributed by atoms with Crippen LogP contribution in [0.3, 0.4) is 0 Å². The van der Waals surface area contributed by atoms with Crippen molar-refractivity contribution in [2.45, 2.75) is 20.3 Å². The Labute approximate surface area is 165 Å². The first-order chi connectivity index (χ1) is 13.5.